The van der Waals surface area contributed by atoms with Gasteiger partial charge in [-0.25, -0.2) is 22.0 Å². The minimum absolute atomic E-state index is 0.104. The second-order valence-electron chi connectivity index (χ2n) is 4.12. The highest BCUT2D eigenvalue weighted by Crippen LogP contribution is 2.20. The average molecular weight is 302 g/mol. The predicted molar refractivity (Wildman–Crippen MR) is 70.1 cm³/mol. The Labute approximate surface area is 107 Å². The molecule has 17 heavy (non-hydrogen) atoms. The van der Waals surface area contributed by atoms with E-state index in [2.05, 4.69) is 0 Å². The molecule has 1 aliphatic rings. The van der Waals surface area contributed by atoms with Gasteiger partial charge in [0.15, 0.2) is 9.84 Å². The van der Waals surface area contributed by atoms with E-state index in [4.69, 9.17) is 5.14 Å². The molecule has 0 spiro atoms. The summed E-state index contributed by atoms with van der Waals surface area (Å²) in [6, 6.07) is 0. The summed E-state index contributed by atoms with van der Waals surface area (Å²) in [7, 11) is -6.58. The van der Waals surface area contributed by atoms with Gasteiger partial charge in [0.25, 0.3) is 0 Å². The lowest BCUT2D eigenvalue weighted by atomic mass is 10.4. The molecule has 0 saturated carbocycles. The number of rotatable bonds is 5. The molecule has 1 heterocycles. The van der Waals surface area contributed by atoms with Gasteiger partial charge in [0.1, 0.15) is 5.37 Å². The van der Waals surface area contributed by atoms with Crippen LogP contribution in [0.25, 0.3) is 0 Å². The van der Waals surface area contributed by atoms with Crippen LogP contribution in [-0.2, 0) is 19.9 Å². The maximum Gasteiger partial charge on any atom is 0.209 e. The molecule has 1 aliphatic heterocycles. The smallest absolute Gasteiger partial charge is 0.209 e. The number of nitrogens with zero attached hydrogens (tertiary/aromatic N) is 1. The molecular formula is C8H18N2O4S3. The van der Waals surface area contributed by atoms with Gasteiger partial charge in [0.2, 0.25) is 10.0 Å². The van der Waals surface area contributed by atoms with Crippen LogP contribution in [0.15, 0.2) is 0 Å². The van der Waals surface area contributed by atoms with Crippen LogP contribution in [0.1, 0.15) is 6.42 Å². The highest BCUT2D eigenvalue weighted by Gasteiger charge is 2.30. The van der Waals surface area contributed by atoms with Crippen molar-refractivity contribution in [2.24, 2.45) is 5.14 Å². The third-order valence-corrected chi connectivity index (χ3v) is 6.10. The molecular weight excluding hydrogens is 284 g/mol. The molecule has 2 N–H and O–H groups in total. The molecule has 1 rings (SSSR count). The van der Waals surface area contributed by atoms with Crippen LogP contribution in [0.2, 0.25) is 0 Å². The summed E-state index contributed by atoms with van der Waals surface area (Å²) in [6.07, 6.45) is 1.59. The van der Waals surface area contributed by atoms with Crippen LogP contribution in [0, 0.1) is 0 Å². The standard InChI is InChI=1S/C8H18N2O4S3/c1-16(11,12)8-7-15-5-4-10(8)3-2-6-17(9,13)14/h8H,2-7H2,1H3,(H2,9,13,14). The first kappa shape index (κ1) is 15.2. The topological polar surface area (TPSA) is 97.5 Å². The van der Waals surface area contributed by atoms with Gasteiger partial charge in [0.05, 0.1) is 5.75 Å². The minimum atomic E-state index is -3.46. The number of nitrogens with two attached hydrogens (primary N) is 1. The first-order valence-corrected chi connectivity index (χ1v) is 10.0. The summed E-state index contributed by atoms with van der Waals surface area (Å²) in [5.41, 5.74) is 0. The van der Waals surface area contributed by atoms with Gasteiger partial charge in [-0.05, 0) is 6.42 Å². The Morgan fingerprint density at radius 3 is 2.53 bits per heavy atom. The summed E-state index contributed by atoms with van der Waals surface area (Å²) in [5.74, 6) is 1.32. The first-order valence-electron chi connectivity index (χ1n) is 5.21. The highest BCUT2D eigenvalue weighted by molar-refractivity contribution is 8.00. The van der Waals surface area contributed by atoms with E-state index < -0.39 is 25.2 Å². The molecule has 102 valence electrons. The fourth-order valence-electron chi connectivity index (χ4n) is 1.73. The Morgan fingerprint density at radius 1 is 1.35 bits per heavy atom. The summed E-state index contributed by atoms with van der Waals surface area (Å²) in [4.78, 5) is 1.83. The molecule has 0 bridgehead atoms. The van der Waals surface area contributed by atoms with E-state index in [1.54, 1.807) is 11.8 Å². The molecule has 0 aromatic carbocycles. The Bertz CT molecular complexity index is 445. The van der Waals surface area contributed by atoms with Crippen LogP contribution in [0.3, 0.4) is 0 Å². The van der Waals surface area contributed by atoms with E-state index in [1.165, 1.54) is 6.26 Å². The Kier molecular flexibility index (Phi) is 5.26. The lowest BCUT2D eigenvalue weighted by Crippen LogP contribution is -2.47. The zero-order valence-electron chi connectivity index (χ0n) is 9.70. The maximum atomic E-state index is 11.6. The molecule has 1 atom stereocenters. The van der Waals surface area contributed by atoms with Crippen LogP contribution >= 0.6 is 11.8 Å². The Morgan fingerprint density at radius 2 is 2.00 bits per heavy atom. The summed E-state index contributed by atoms with van der Waals surface area (Å²) < 4.78 is 44.7. The van der Waals surface area contributed by atoms with Crippen molar-refractivity contribution >= 4 is 31.6 Å². The molecule has 0 aromatic rings. The van der Waals surface area contributed by atoms with Gasteiger partial charge < -0.3 is 0 Å². The summed E-state index contributed by atoms with van der Waals surface area (Å²) >= 11 is 1.61. The van der Waals surface area contributed by atoms with E-state index >= 15 is 0 Å². The zero-order valence-corrected chi connectivity index (χ0v) is 12.2. The second kappa shape index (κ2) is 5.87. The molecule has 0 amide bonds. The van der Waals surface area contributed by atoms with Crippen molar-refractivity contribution in [2.75, 3.05) is 36.6 Å². The third-order valence-electron chi connectivity index (χ3n) is 2.56. The second-order valence-corrected chi connectivity index (χ2v) is 9.20. The van der Waals surface area contributed by atoms with Gasteiger partial charge in [-0.3, -0.25) is 4.90 Å². The molecule has 9 heteroatoms. The minimum Gasteiger partial charge on any atom is -0.286 e. The van der Waals surface area contributed by atoms with E-state index in [-0.39, 0.29) is 5.75 Å². The zero-order chi connectivity index (χ0) is 13.1. The SMILES string of the molecule is CS(=O)(=O)C1CSCCN1CCCS(N)(=O)=O. The molecule has 1 fully saturated rings. The molecule has 0 aliphatic carbocycles. The summed E-state index contributed by atoms with van der Waals surface area (Å²) in [5, 5.41) is 4.40. The first-order chi connectivity index (χ1) is 7.70. The van der Waals surface area contributed by atoms with Gasteiger partial charge >= 0.3 is 0 Å². The van der Waals surface area contributed by atoms with Crippen molar-refractivity contribution in [3.8, 4) is 0 Å². The fourth-order valence-corrected chi connectivity index (χ4v) is 5.24. The van der Waals surface area contributed by atoms with Crippen molar-refractivity contribution in [3.63, 3.8) is 0 Å². The maximum absolute atomic E-state index is 11.6. The molecule has 0 aromatic heterocycles. The molecule has 0 radical (unpaired) electrons. The van der Waals surface area contributed by atoms with Crippen LogP contribution < -0.4 is 5.14 Å². The van der Waals surface area contributed by atoms with Crippen LogP contribution in [-0.4, -0.2) is 63.7 Å². The lowest BCUT2D eigenvalue weighted by molar-refractivity contribution is 0.271. The third kappa shape index (κ3) is 5.56. The summed E-state index contributed by atoms with van der Waals surface area (Å²) in [6.45, 7) is 1.13. The van der Waals surface area contributed by atoms with Crippen molar-refractivity contribution < 1.29 is 16.8 Å². The molecule has 6 nitrogen and oxygen atoms in total. The molecule has 1 unspecified atom stereocenters. The van der Waals surface area contributed by atoms with Crippen molar-refractivity contribution in [1.29, 1.82) is 0 Å². The number of sulfonamides is 1. The number of hydrogen-bond acceptors (Lipinski definition) is 6. The van der Waals surface area contributed by atoms with E-state index in [9.17, 15) is 16.8 Å². The van der Waals surface area contributed by atoms with Gasteiger partial charge in [-0.15, -0.1) is 0 Å². The highest BCUT2D eigenvalue weighted by atomic mass is 32.2. The average Bonchev–Trinajstić information content (AvgIpc) is 2.15. The predicted octanol–water partition coefficient (Wildman–Crippen LogP) is -0.915. The number of hydrogen-bond donors (Lipinski definition) is 1. The van der Waals surface area contributed by atoms with Crippen molar-refractivity contribution in [2.45, 2.75) is 11.8 Å². The number of thioether (sulfide) groups is 1. The van der Waals surface area contributed by atoms with Crippen molar-refractivity contribution in [3.05, 3.63) is 0 Å². The van der Waals surface area contributed by atoms with Gasteiger partial charge in [-0.2, -0.15) is 11.8 Å². The monoisotopic (exact) mass is 302 g/mol. The van der Waals surface area contributed by atoms with Crippen LogP contribution in [0.5, 0.6) is 0 Å². The van der Waals surface area contributed by atoms with Gasteiger partial charge in [0, 0.05) is 30.9 Å². The van der Waals surface area contributed by atoms with Gasteiger partial charge in [-0.1, -0.05) is 0 Å². The molecule has 1 saturated heterocycles. The number of primary sulfonamides is 1. The largest absolute Gasteiger partial charge is 0.286 e. The Hall–Kier alpha value is 0.170. The number of sulfone groups is 1. The Balaban J connectivity index is 2.55. The lowest BCUT2D eigenvalue weighted by Gasteiger charge is -2.33. The van der Waals surface area contributed by atoms with E-state index in [0.717, 1.165) is 5.75 Å². The van der Waals surface area contributed by atoms with Crippen molar-refractivity contribution in [1.82, 2.24) is 4.90 Å². The normalized spacial score (nSPS) is 23.8. The van der Waals surface area contributed by atoms with E-state index in [0.29, 0.717) is 25.3 Å². The fraction of sp³-hybridized carbons (Fsp3) is 1.00. The quantitative estimate of drug-likeness (QED) is 0.706. The van der Waals surface area contributed by atoms with E-state index in [1.807, 2.05) is 4.90 Å². The van der Waals surface area contributed by atoms with Crippen LogP contribution in [0.4, 0.5) is 0 Å².